The summed E-state index contributed by atoms with van der Waals surface area (Å²) in [7, 11) is 1.50. The van der Waals surface area contributed by atoms with Crippen LogP contribution in [-0.2, 0) is 20.4 Å². The Morgan fingerprint density at radius 3 is 2.53 bits per heavy atom. The molecule has 0 aliphatic rings. The number of aromatic nitrogens is 2. The zero-order valence-electron chi connectivity index (χ0n) is 11.2. The maximum Gasteiger partial charge on any atom is 0.264 e. The summed E-state index contributed by atoms with van der Waals surface area (Å²) in [6.45, 7) is 5.76. The van der Waals surface area contributed by atoms with E-state index in [0.29, 0.717) is 17.9 Å². The molecular formula is C11H18ClN3O3S. The maximum atomic E-state index is 11.7. The Morgan fingerprint density at radius 1 is 1.42 bits per heavy atom. The Kier molecular flexibility index (Phi) is 5.37. The third-order valence-electron chi connectivity index (χ3n) is 2.70. The van der Waals surface area contributed by atoms with Gasteiger partial charge in [0.25, 0.3) is 9.05 Å². The van der Waals surface area contributed by atoms with Gasteiger partial charge >= 0.3 is 0 Å². The highest BCUT2D eigenvalue weighted by atomic mass is 35.7. The standard InChI is InChI=1S/C11H18ClN3O3S/c1-4-5-6-13-10(16)7-15-9(3)11(8(2)14-15)19(12,17)18/h4-7H2,1-3H3,(H,13,16). The fraction of sp³-hybridized carbons (Fsp3) is 0.636. The normalized spacial score (nSPS) is 11.6. The van der Waals surface area contributed by atoms with Crippen molar-refractivity contribution in [2.24, 2.45) is 0 Å². The number of hydrogen-bond donors (Lipinski definition) is 1. The molecular weight excluding hydrogens is 290 g/mol. The summed E-state index contributed by atoms with van der Waals surface area (Å²) in [6.07, 6.45) is 1.90. The van der Waals surface area contributed by atoms with Crippen molar-refractivity contribution >= 4 is 25.6 Å². The Balaban J connectivity index is 2.84. The third-order valence-corrected chi connectivity index (χ3v) is 4.25. The fourth-order valence-electron chi connectivity index (χ4n) is 1.78. The summed E-state index contributed by atoms with van der Waals surface area (Å²) in [5.41, 5.74) is 0.673. The van der Waals surface area contributed by atoms with Crippen LogP contribution < -0.4 is 5.32 Å². The van der Waals surface area contributed by atoms with Crippen molar-refractivity contribution in [1.82, 2.24) is 15.1 Å². The fourth-order valence-corrected chi connectivity index (χ4v) is 3.31. The largest absolute Gasteiger partial charge is 0.354 e. The quantitative estimate of drug-likeness (QED) is 0.635. The number of nitrogens with zero attached hydrogens (tertiary/aromatic N) is 2. The van der Waals surface area contributed by atoms with E-state index in [1.807, 2.05) is 6.92 Å². The van der Waals surface area contributed by atoms with Gasteiger partial charge in [0, 0.05) is 17.2 Å². The third kappa shape index (κ3) is 4.21. The van der Waals surface area contributed by atoms with E-state index in [-0.39, 0.29) is 17.3 Å². The number of nitrogens with one attached hydrogen (secondary N) is 1. The van der Waals surface area contributed by atoms with Gasteiger partial charge in [0.1, 0.15) is 11.4 Å². The van der Waals surface area contributed by atoms with Crippen molar-refractivity contribution in [2.45, 2.75) is 45.1 Å². The van der Waals surface area contributed by atoms with Crippen molar-refractivity contribution in [3.63, 3.8) is 0 Å². The van der Waals surface area contributed by atoms with E-state index in [1.165, 1.54) is 4.68 Å². The van der Waals surface area contributed by atoms with Gasteiger partial charge in [-0.05, 0) is 20.3 Å². The summed E-state index contributed by atoms with van der Waals surface area (Å²) in [4.78, 5) is 11.6. The second kappa shape index (κ2) is 6.38. The maximum absolute atomic E-state index is 11.7. The molecule has 1 aromatic rings. The predicted molar refractivity (Wildman–Crippen MR) is 72.7 cm³/mol. The lowest BCUT2D eigenvalue weighted by molar-refractivity contribution is -0.121. The van der Waals surface area contributed by atoms with Gasteiger partial charge in [-0.2, -0.15) is 5.10 Å². The van der Waals surface area contributed by atoms with Crippen molar-refractivity contribution in [2.75, 3.05) is 6.54 Å². The molecule has 0 aliphatic heterocycles. The van der Waals surface area contributed by atoms with Crippen LogP contribution in [0.3, 0.4) is 0 Å². The highest BCUT2D eigenvalue weighted by Gasteiger charge is 2.23. The first kappa shape index (κ1) is 16.0. The number of hydrogen-bond acceptors (Lipinski definition) is 4. The monoisotopic (exact) mass is 307 g/mol. The van der Waals surface area contributed by atoms with E-state index in [2.05, 4.69) is 10.4 Å². The Hall–Kier alpha value is -1.08. The molecule has 0 saturated carbocycles. The van der Waals surface area contributed by atoms with E-state index in [4.69, 9.17) is 10.7 Å². The zero-order chi connectivity index (χ0) is 14.6. The molecule has 0 atom stereocenters. The minimum absolute atomic E-state index is 0.0111. The van der Waals surface area contributed by atoms with E-state index in [1.54, 1.807) is 13.8 Å². The van der Waals surface area contributed by atoms with Gasteiger partial charge in [0.15, 0.2) is 0 Å². The minimum Gasteiger partial charge on any atom is -0.354 e. The number of aryl methyl sites for hydroxylation is 1. The van der Waals surface area contributed by atoms with Gasteiger partial charge < -0.3 is 5.32 Å². The number of amides is 1. The Bertz CT molecular complexity index is 566. The summed E-state index contributed by atoms with van der Waals surface area (Å²) >= 11 is 0. The van der Waals surface area contributed by atoms with E-state index in [9.17, 15) is 13.2 Å². The van der Waals surface area contributed by atoms with Crippen LogP contribution in [0.1, 0.15) is 31.2 Å². The lowest BCUT2D eigenvalue weighted by Crippen LogP contribution is -2.29. The zero-order valence-corrected chi connectivity index (χ0v) is 12.8. The average Bonchev–Trinajstić information content (AvgIpc) is 2.53. The molecule has 8 heteroatoms. The molecule has 1 heterocycles. The van der Waals surface area contributed by atoms with Crippen molar-refractivity contribution in [3.8, 4) is 0 Å². The first-order valence-electron chi connectivity index (χ1n) is 6.02. The smallest absolute Gasteiger partial charge is 0.264 e. The van der Waals surface area contributed by atoms with Crippen LogP contribution in [0.2, 0.25) is 0 Å². The average molecular weight is 308 g/mol. The number of unbranched alkanes of at least 4 members (excludes halogenated alkanes) is 1. The number of carbonyl (C=O) groups is 1. The van der Waals surface area contributed by atoms with Gasteiger partial charge in [-0.25, -0.2) is 8.42 Å². The summed E-state index contributed by atoms with van der Waals surface area (Å²) < 4.78 is 24.1. The van der Waals surface area contributed by atoms with E-state index >= 15 is 0 Å². The van der Waals surface area contributed by atoms with Crippen molar-refractivity contribution in [3.05, 3.63) is 11.4 Å². The van der Waals surface area contributed by atoms with Gasteiger partial charge in [0.05, 0.1) is 11.4 Å². The second-order valence-electron chi connectivity index (χ2n) is 4.30. The topological polar surface area (TPSA) is 81.1 Å². The molecule has 1 N–H and O–H groups in total. The Morgan fingerprint density at radius 2 is 2.05 bits per heavy atom. The molecule has 108 valence electrons. The van der Waals surface area contributed by atoms with E-state index < -0.39 is 9.05 Å². The second-order valence-corrected chi connectivity index (χ2v) is 6.80. The number of halogens is 1. The molecule has 1 amide bonds. The molecule has 6 nitrogen and oxygen atoms in total. The lowest BCUT2D eigenvalue weighted by atomic mass is 10.3. The summed E-state index contributed by atoms with van der Waals surface area (Å²) in [6, 6.07) is 0. The molecule has 0 bridgehead atoms. The molecule has 0 saturated heterocycles. The van der Waals surface area contributed by atoms with Crippen LogP contribution in [0, 0.1) is 13.8 Å². The van der Waals surface area contributed by atoms with Gasteiger partial charge in [0.2, 0.25) is 5.91 Å². The number of carbonyl (C=O) groups excluding carboxylic acids is 1. The molecule has 1 rings (SSSR count). The van der Waals surface area contributed by atoms with Crippen molar-refractivity contribution in [1.29, 1.82) is 0 Å². The SMILES string of the molecule is CCCCNC(=O)Cn1nc(C)c(S(=O)(=O)Cl)c1C. The first-order valence-corrected chi connectivity index (χ1v) is 8.33. The predicted octanol–water partition coefficient (Wildman–Crippen LogP) is 1.34. The Labute approximate surface area is 117 Å². The number of rotatable bonds is 6. The first-order chi connectivity index (χ1) is 8.77. The molecule has 0 radical (unpaired) electrons. The highest BCUT2D eigenvalue weighted by molar-refractivity contribution is 8.13. The van der Waals surface area contributed by atoms with Crippen LogP contribution in [-0.4, -0.2) is 30.7 Å². The van der Waals surface area contributed by atoms with Crippen molar-refractivity contribution < 1.29 is 13.2 Å². The molecule has 1 aromatic heterocycles. The molecule has 0 fully saturated rings. The van der Waals surface area contributed by atoms with Crippen LogP contribution in [0.5, 0.6) is 0 Å². The van der Waals surface area contributed by atoms with Crippen LogP contribution >= 0.6 is 10.7 Å². The molecule has 0 aromatic carbocycles. The molecule has 19 heavy (non-hydrogen) atoms. The van der Waals surface area contributed by atoms with Crippen LogP contribution in [0.25, 0.3) is 0 Å². The van der Waals surface area contributed by atoms with Crippen LogP contribution in [0.4, 0.5) is 0 Å². The molecule has 0 unspecified atom stereocenters. The van der Waals surface area contributed by atoms with Gasteiger partial charge in [-0.3, -0.25) is 9.48 Å². The van der Waals surface area contributed by atoms with Gasteiger partial charge in [-0.1, -0.05) is 13.3 Å². The lowest BCUT2D eigenvalue weighted by Gasteiger charge is -2.06. The minimum atomic E-state index is -3.84. The molecule has 0 aliphatic carbocycles. The van der Waals surface area contributed by atoms with E-state index in [0.717, 1.165) is 12.8 Å². The highest BCUT2D eigenvalue weighted by Crippen LogP contribution is 2.22. The van der Waals surface area contributed by atoms with Gasteiger partial charge in [-0.15, -0.1) is 0 Å². The van der Waals surface area contributed by atoms with Crippen LogP contribution in [0.15, 0.2) is 4.90 Å². The molecule has 0 spiro atoms. The summed E-state index contributed by atoms with van der Waals surface area (Å²) in [5, 5.41) is 6.78. The summed E-state index contributed by atoms with van der Waals surface area (Å²) in [5.74, 6) is -0.197.